The maximum Gasteiger partial charge on any atom is 0.308 e. The summed E-state index contributed by atoms with van der Waals surface area (Å²) in [6.07, 6.45) is 3.58. The van der Waals surface area contributed by atoms with Crippen LogP contribution in [0, 0.1) is 5.92 Å². The zero-order chi connectivity index (χ0) is 24.8. The Morgan fingerprint density at radius 2 is 2.11 bits per heavy atom. The molecule has 1 aliphatic rings. The fourth-order valence-corrected chi connectivity index (χ4v) is 6.19. The van der Waals surface area contributed by atoms with Crippen molar-refractivity contribution in [2.45, 2.75) is 42.7 Å². The molecule has 2 aromatic carbocycles. The maximum absolute atomic E-state index is 12.1. The average molecular weight is 515 g/mol. The van der Waals surface area contributed by atoms with Crippen LogP contribution in [0.3, 0.4) is 0 Å². The molecule has 1 aromatic heterocycles. The van der Waals surface area contributed by atoms with Crippen molar-refractivity contribution in [1.82, 2.24) is 9.88 Å². The van der Waals surface area contributed by atoms with Crippen LogP contribution in [0.5, 0.6) is 5.75 Å². The first-order chi connectivity index (χ1) is 17.0. The molecule has 4 rings (SSSR count). The Kier molecular flexibility index (Phi) is 8.89. The molecule has 1 saturated heterocycles. The summed E-state index contributed by atoms with van der Waals surface area (Å²) < 4.78 is 5.35. The van der Waals surface area contributed by atoms with Crippen molar-refractivity contribution in [3.8, 4) is 5.75 Å². The van der Waals surface area contributed by atoms with Gasteiger partial charge in [-0.15, -0.1) is 11.8 Å². The van der Waals surface area contributed by atoms with E-state index in [1.807, 2.05) is 48.5 Å². The lowest BCUT2D eigenvalue weighted by Crippen LogP contribution is -2.48. The zero-order valence-electron chi connectivity index (χ0n) is 19.8. The van der Waals surface area contributed by atoms with Crippen LogP contribution in [-0.4, -0.2) is 58.1 Å². The molecule has 8 heteroatoms. The monoisotopic (exact) mass is 514 g/mol. The topological polar surface area (TPSA) is 82.9 Å². The first-order valence-electron chi connectivity index (χ1n) is 11.9. The number of likely N-dealkylation sites (tertiary alicyclic amines) is 1. The van der Waals surface area contributed by atoms with Crippen molar-refractivity contribution in [2.24, 2.45) is 5.92 Å². The second kappa shape index (κ2) is 12.1. The predicted octanol–water partition coefficient (Wildman–Crippen LogP) is 5.67. The van der Waals surface area contributed by atoms with Gasteiger partial charge < -0.3 is 14.9 Å². The van der Waals surface area contributed by atoms with E-state index >= 15 is 0 Å². The number of aliphatic hydroxyl groups is 1. The average Bonchev–Trinajstić information content (AvgIpc) is 2.87. The largest absolute Gasteiger partial charge is 0.497 e. The lowest BCUT2D eigenvalue weighted by Gasteiger charge is -2.40. The van der Waals surface area contributed by atoms with Gasteiger partial charge in [0.2, 0.25) is 0 Å². The Morgan fingerprint density at radius 1 is 1.29 bits per heavy atom. The number of methoxy groups -OCH3 is 1. The van der Waals surface area contributed by atoms with Crippen LogP contribution in [0.2, 0.25) is 5.02 Å². The lowest BCUT2D eigenvalue weighted by atomic mass is 9.85. The number of hydrogen-bond acceptors (Lipinski definition) is 6. The van der Waals surface area contributed by atoms with E-state index in [2.05, 4.69) is 9.88 Å². The second-order valence-corrected chi connectivity index (χ2v) is 10.4. The SMILES string of the molecule is COc1ccc2nccc(C(O)CCC3C(C(=O)O)CCCN3CCSc3ccccc3Cl)c2c1. The van der Waals surface area contributed by atoms with E-state index in [9.17, 15) is 15.0 Å². The summed E-state index contributed by atoms with van der Waals surface area (Å²) in [7, 11) is 1.61. The third-order valence-electron chi connectivity index (χ3n) is 6.76. The smallest absolute Gasteiger partial charge is 0.308 e. The Hall–Kier alpha value is -2.32. The van der Waals surface area contributed by atoms with Crippen molar-refractivity contribution >= 4 is 40.2 Å². The van der Waals surface area contributed by atoms with E-state index in [-0.39, 0.29) is 6.04 Å². The first-order valence-corrected chi connectivity index (χ1v) is 13.3. The molecule has 3 aromatic rings. The van der Waals surface area contributed by atoms with Crippen LogP contribution in [0.25, 0.3) is 10.9 Å². The Morgan fingerprint density at radius 3 is 2.89 bits per heavy atom. The summed E-state index contributed by atoms with van der Waals surface area (Å²) in [5, 5.41) is 22.6. The Bertz CT molecular complexity index is 1160. The molecule has 0 saturated carbocycles. The third kappa shape index (κ3) is 6.28. The van der Waals surface area contributed by atoms with Gasteiger partial charge in [-0.2, -0.15) is 0 Å². The Labute approximate surface area is 215 Å². The zero-order valence-corrected chi connectivity index (χ0v) is 21.3. The van der Waals surface area contributed by atoms with E-state index in [0.29, 0.717) is 25.0 Å². The molecule has 0 spiro atoms. The number of aliphatic hydroxyl groups excluding tert-OH is 1. The third-order valence-corrected chi connectivity index (χ3v) is 8.26. The van der Waals surface area contributed by atoms with Gasteiger partial charge in [0, 0.05) is 34.8 Å². The number of aromatic nitrogens is 1. The summed E-state index contributed by atoms with van der Waals surface area (Å²) in [4.78, 5) is 19.8. The minimum Gasteiger partial charge on any atom is -0.497 e. The number of carbonyl (C=O) groups is 1. The van der Waals surface area contributed by atoms with Crippen molar-refractivity contribution in [2.75, 3.05) is 26.0 Å². The van der Waals surface area contributed by atoms with Gasteiger partial charge in [0.1, 0.15) is 5.75 Å². The summed E-state index contributed by atoms with van der Waals surface area (Å²) in [5.74, 6) is 0.339. The molecule has 1 fully saturated rings. The fraction of sp³-hybridized carbons (Fsp3) is 0.407. The maximum atomic E-state index is 12.1. The fourth-order valence-electron chi connectivity index (χ4n) is 4.96. The number of pyridine rings is 1. The molecular formula is C27H31ClN2O4S. The highest BCUT2D eigenvalue weighted by Crippen LogP contribution is 2.34. The number of nitrogens with zero attached hydrogens (tertiary/aromatic N) is 2. The quantitative estimate of drug-likeness (QED) is 0.337. The Balaban J connectivity index is 1.45. The summed E-state index contributed by atoms with van der Waals surface area (Å²) in [5.41, 5.74) is 1.58. The highest BCUT2D eigenvalue weighted by Gasteiger charge is 2.36. The number of carboxylic acid groups (broad SMARTS) is 1. The van der Waals surface area contributed by atoms with Gasteiger partial charge in [-0.3, -0.25) is 14.7 Å². The molecule has 186 valence electrons. The lowest BCUT2D eigenvalue weighted by molar-refractivity contribution is -0.146. The number of piperidine rings is 1. The van der Waals surface area contributed by atoms with Crippen LogP contribution in [-0.2, 0) is 4.79 Å². The highest BCUT2D eigenvalue weighted by atomic mass is 35.5. The van der Waals surface area contributed by atoms with Gasteiger partial charge in [0.25, 0.3) is 0 Å². The first kappa shape index (κ1) is 25.8. The van der Waals surface area contributed by atoms with Crippen LogP contribution < -0.4 is 4.74 Å². The summed E-state index contributed by atoms with van der Waals surface area (Å²) in [6.45, 7) is 1.64. The van der Waals surface area contributed by atoms with Crippen molar-refractivity contribution in [3.05, 3.63) is 65.3 Å². The van der Waals surface area contributed by atoms with Crippen LogP contribution >= 0.6 is 23.4 Å². The number of aliphatic carboxylic acids is 1. The molecule has 2 N–H and O–H groups in total. The van der Waals surface area contributed by atoms with Crippen LogP contribution in [0.1, 0.15) is 37.4 Å². The molecule has 3 unspecified atom stereocenters. The van der Waals surface area contributed by atoms with Crippen molar-refractivity contribution < 1.29 is 19.7 Å². The van der Waals surface area contributed by atoms with Crippen molar-refractivity contribution in [1.29, 1.82) is 0 Å². The van der Waals surface area contributed by atoms with Gasteiger partial charge in [-0.25, -0.2) is 0 Å². The summed E-state index contributed by atoms with van der Waals surface area (Å²) >= 11 is 7.98. The van der Waals surface area contributed by atoms with Gasteiger partial charge in [-0.1, -0.05) is 23.7 Å². The van der Waals surface area contributed by atoms with Crippen LogP contribution in [0.4, 0.5) is 0 Å². The van der Waals surface area contributed by atoms with Crippen LogP contribution in [0.15, 0.2) is 59.6 Å². The molecule has 0 amide bonds. The number of benzene rings is 2. The molecule has 3 atom stereocenters. The molecule has 0 radical (unpaired) electrons. The van der Waals surface area contributed by atoms with E-state index in [1.54, 1.807) is 25.1 Å². The number of hydrogen-bond donors (Lipinski definition) is 2. The molecule has 0 aliphatic carbocycles. The number of thioether (sulfide) groups is 1. The number of ether oxygens (including phenoxy) is 1. The second-order valence-electron chi connectivity index (χ2n) is 8.85. The van der Waals surface area contributed by atoms with E-state index in [0.717, 1.165) is 51.6 Å². The number of halogens is 1. The van der Waals surface area contributed by atoms with E-state index in [1.165, 1.54) is 0 Å². The van der Waals surface area contributed by atoms with E-state index in [4.69, 9.17) is 16.3 Å². The molecule has 0 bridgehead atoms. The minimum atomic E-state index is -0.757. The summed E-state index contributed by atoms with van der Waals surface area (Å²) in [6, 6.07) is 15.1. The molecule has 6 nitrogen and oxygen atoms in total. The highest BCUT2D eigenvalue weighted by molar-refractivity contribution is 7.99. The number of fused-ring (bicyclic) bond motifs is 1. The predicted molar refractivity (Wildman–Crippen MR) is 140 cm³/mol. The molecular weight excluding hydrogens is 484 g/mol. The molecule has 1 aliphatic heterocycles. The van der Waals surface area contributed by atoms with E-state index < -0.39 is 18.0 Å². The normalized spacial score (nSPS) is 19.5. The molecule has 35 heavy (non-hydrogen) atoms. The van der Waals surface area contributed by atoms with Gasteiger partial charge in [0.05, 0.1) is 29.7 Å². The van der Waals surface area contributed by atoms with Gasteiger partial charge in [-0.05, 0) is 74.2 Å². The minimum absolute atomic E-state index is 0.120. The van der Waals surface area contributed by atoms with Crippen molar-refractivity contribution in [3.63, 3.8) is 0 Å². The van der Waals surface area contributed by atoms with Gasteiger partial charge in [0.15, 0.2) is 0 Å². The number of carboxylic acids is 1. The van der Waals surface area contributed by atoms with Gasteiger partial charge >= 0.3 is 5.97 Å². The number of rotatable bonds is 10. The standard InChI is InChI=1S/C27H31ClN2O4S/c1-34-18-8-9-23-21(17-18)19(12-13-29-23)25(31)11-10-24-20(27(32)33)5-4-14-30(24)15-16-35-26-7-3-2-6-22(26)28/h2-3,6-9,12-13,17,20,24-25,31H,4-5,10-11,14-16H2,1H3,(H,32,33). The molecule has 2 heterocycles.